The molecule has 1 aromatic heterocycles. The van der Waals surface area contributed by atoms with Gasteiger partial charge in [-0.2, -0.15) is 0 Å². The van der Waals surface area contributed by atoms with E-state index in [9.17, 15) is 13.2 Å². The van der Waals surface area contributed by atoms with Gasteiger partial charge in [0.05, 0.1) is 22.0 Å². The summed E-state index contributed by atoms with van der Waals surface area (Å²) in [6.45, 7) is 3.22. The molecule has 0 atom stereocenters. The minimum atomic E-state index is -3.44. The number of benzene rings is 2. The number of para-hydroxylation sites is 1. The number of nitrogens with zero attached hydrogens (tertiary/aromatic N) is 1. The maximum atomic E-state index is 12.5. The van der Waals surface area contributed by atoms with E-state index in [0.717, 1.165) is 4.70 Å². The van der Waals surface area contributed by atoms with Crippen molar-refractivity contribution in [1.82, 2.24) is 4.98 Å². The predicted molar refractivity (Wildman–Crippen MR) is 103 cm³/mol. The second kappa shape index (κ2) is 7.05. The van der Waals surface area contributed by atoms with Gasteiger partial charge in [-0.05, 0) is 44.2 Å². The Morgan fingerprint density at radius 1 is 1.19 bits per heavy atom. The molecule has 1 amide bonds. The van der Waals surface area contributed by atoms with E-state index >= 15 is 0 Å². The molecule has 6 nitrogen and oxygen atoms in total. The van der Waals surface area contributed by atoms with Gasteiger partial charge in [-0.1, -0.05) is 23.5 Å². The van der Waals surface area contributed by atoms with Crippen LogP contribution in [0.1, 0.15) is 24.2 Å². The number of carbonyl (C=O) groups excluding carboxylic acids is 1. The van der Waals surface area contributed by atoms with Crippen molar-refractivity contribution in [2.75, 3.05) is 12.4 Å². The zero-order valence-corrected chi connectivity index (χ0v) is 16.1. The van der Waals surface area contributed by atoms with Gasteiger partial charge in [0, 0.05) is 5.56 Å². The number of thiazole rings is 1. The molecule has 26 heavy (non-hydrogen) atoms. The minimum absolute atomic E-state index is 0.131. The van der Waals surface area contributed by atoms with Gasteiger partial charge < -0.3 is 4.74 Å². The van der Waals surface area contributed by atoms with Crippen LogP contribution in [-0.2, 0) is 9.84 Å². The molecule has 0 unspecified atom stereocenters. The third-order valence-electron chi connectivity index (χ3n) is 3.87. The molecular weight excluding hydrogens is 372 g/mol. The summed E-state index contributed by atoms with van der Waals surface area (Å²) < 4.78 is 30.8. The number of ether oxygens (including phenoxy) is 1. The molecule has 0 aliphatic rings. The van der Waals surface area contributed by atoms with E-state index < -0.39 is 21.0 Å². The highest BCUT2D eigenvalue weighted by Gasteiger charge is 2.20. The van der Waals surface area contributed by atoms with Crippen molar-refractivity contribution in [2.45, 2.75) is 24.0 Å². The lowest BCUT2D eigenvalue weighted by atomic mass is 10.2. The molecule has 3 aromatic rings. The van der Waals surface area contributed by atoms with Gasteiger partial charge in [0.1, 0.15) is 11.3 Å². The van der Waals surface area contributed by atoms with E-state index in [1.54, 1.807) is 39.2 Å². The van der Waals surface area contributed by atoms with Crippen molar-refractivity contribution in [2.24, 2.45) is 0 Å². The van der Waals surface area contributed by atoms with E-state index in [4.69, 9.17) is 4.74 Å². The molecule has 2 aromatic carbocycles. The van der Waals surface area contributed by atoms with Crippen molar-refractivity contribution < 1.29 is 17.9 Å². The lowest BCUT2D eigenvalue weighted by molar-refractivity contribution is 0.102. The van der Waals surface area contributed by atoms with Crippen molar-refractivity contribution in [3.05, 3.63) is 48.0 Å². The van der Waals surface area contributed by atoms with E-state index in [0.29, 0.717) is 16.4 Å². The Labute approximate surface area is 155 Å². The maximum absolute atomic E-state index is 12.5. The highest BCUT2D eigenvalue weighted by molar-refractivity contribution is 7.92. The van der Waals surface area contributed by atoms with E-state index in [1.807, 2.05) is 12.1 Å². The van der Waals surface area contributed by atoms with Crippen LogP contribution in [-0.4, -0.2) is 31.7 Å². The fourth-order valence-corrected chi connectivity index (χ4v) is 4.38. The predicted octanol–water partition coefficient (Wildman–Crippen LogP) is 3.74. The van der Waals surface area contributed by atoms with Crippen LogP contribution in [0.5, 0.6) is 5.75 Å². The number of carbonyl (C=O) groups is 1. The fourth-order valence-electron chi connectivity index (χ4n) is 2.40. The van der Waals surface area contributed by atoms with E-state index in [1.165, 1.54) is 23.5 Å². The molecule has 0 aliphatic carbocycles. The van der Waals surface area contributed by atoms with Crippen molar-refractivity contribution >= 4 is 42.4 Å². The molecule has 1 N–H and O–H groups in total. The number of sulfone groups is 1. The van der Waals surface area contributed by atoms with E-state index in [2.05, 4.69) is 10.3 Å². The van der Waals surface area contributed by atoms with Gasteiger partial charge in [-0.15, -0.1) is 0 Å². The summed E-state index contributed by atoms with van der Waals surface area (Å²) in [7, 11) is -1.88. The van der Waals surface area contributed by atoms with Crippen LogP contribution in [0.15, 0.2) is 47.4 Å². The fraction of sp³-hybridized carbons (Fsp3) is 0.222. The zero-order chi connectivity index (χ0) is 18.9. The number of hydrogen-bond donors (Lipinski definition) is 1. The van der Waals surface area contributed by atoms with Crippen LogP contribution in [0.4, 0.5) is 5.13 Å². The molecule has 0 spiro atoms. The summed E-state index contributed by atoms with van der Waals surface area (Å²) in [4.78, 5) is 17.0. The molecule has 0 bridgehead atoms. The Balaban J connectivity index is 1.89. The normalized spacial score (nSPS) is 11.7. The first-order valence-corrected chi connectivity index (χ1v) is 10.3. The number of fused-ring (bicyclic) bond motifs is 1. The number of anilines is 1. The topological polar surface area (TPSA) is 85.4 Å². The lowest BCUT2D eigenvalue weighted by Crippen LogP contribution is -2.16. The summed E-state index contributed by atoms with van der Waals surface area (Å²) >= 11 is 1.32. The smallest absolute Gasteiger partial charge is 0.257 e. The van der Waals surface area contributed by atoms with Crippen molar-refractivity contribution in [1.29, 1.82) is 0 Å². The van der Waals surface area contributed by atoms with Gasteiger partial charge >= 0.3 is 0 Å². The zero-order valence-electron chi connectivity index (χ0n) is 14.5. The van der Waals surface area contributed by atoms with Crippen LogP contribution < -0.4 is 10.1 Å². The largest absolute Gasteiger partial charge is 0.494 e. The van der Waals surface area contributed by atoms with Gasteiger partial charge in [-0.25, -0.2) is 13.4 Å². The van der Waals surface area contributed by atoms with Crippen LogP contribution in [0, 0.1) is 0 Å². The average Bonchev–Trinajstić information content (AvgIpc) is 3.03. The Bertz CT molecular complexity index is 1070. The molecule has 0 aliphatic heterocycles. The second-order valence-electron chi connectivity index (χ2n) is 5.90. The maximum Gasteiger partial charge on any atom is 0.257 e. The highest BCUT2D eigenvalue weighted by Crippen LogP contribution is 2.32. The van der Waals surface area contributed by atoms with Gasteiger partial charge in [0.15, 0.2) is 15.0 Å². The number of hydrogen-bond acceptors (Lipinski definition) is 6. The van der Waals surface area contributed by atoms with Gasteiger partial charge in [0.25, 0.3) is 5.91 Å². The average molecular weight is 390 g/mol. The molecule has 8 heteroatoms. The molecule has 1 heterocycles. The summed E-state index contributed by atoms with van der Waals surface area (Å²) in [5.41, 5.74) is 0.935. The Kier molecular flexibility index (Phi) is 4.97. The first-order valence-electron chi connectivity index (χ1n) is 7.92. The van der Waals surface area contributed by atoms with Gasteiger partial charge in [0.2, 0.25) is 0 Å². The van der Waals surface area contributed by atoms with Crippen molar-refractivity contribution in [3.8, 4) is 5.75 Å². The standard InChI is InChI=1S/C18H18N2O4S2/c1-11(2)26(22,23)13-7-4-6-12(10-13)17(21)20-18-19-16-14(24-3)8-5-9-15(16)25-18/h4-11H,1-3H3,(H,19,20,21). The van der Waals surface area contributed by atoms with Crippen LogP contribution >= 0.6 is 11.3 Å². The van der Waals surface area contributed by atoms with Gasteiger partial charge in [-0.3, -0.25) is 10.1 Å². The summed E-state index contributed by atoms with van der Waals surface area (Å²) in [5.74, 6) is 0.216. The molecule has 0 fully saturated rings. The number of aromatic nitrogens is 1. The monoisotopic (exact) mass is 390 g/mol. The lowest BCUT2D eigenvalue weighted by Gasteiger charge is -2.09. The third-order valence-corrected chi connectivity index (χ3v) is 6.96. The first-order chi connectivity index (χ1) is 12.3. The SMILES string of the molecule is COc1cccc2sc(NC(=O)c3cccc(S(=O)(=O)C(C)C)c3)nc12. The number of rotatable bonds is 5. The summed E-state index contributed by atoms with van der Waals surface area (Å²) in [6.07, 6.45) is 0. The summed E-state index contributed by atoms with van der Waals surface area (Å²) in [5, 5.41) is 2.59. The van der Waals surface area contributed by atoms with E-state index in [-0.39, 0.29) is 10.5 Å². The molecular formula is C18H18N2O4S2. The molecule has 0 saturated heterocycles. The Hall–Kier alpha value is -2.45. The number of amides is 1. The quantitative estimate of drug-likeness (QED) is 0.717. The Morgan fingerprint density at radius 3 is 2.62 bits per heavy atom. The third kappa shape index (κ3) is 3.42. The first kappa shape index (κ1) is 18.3. The summed E-state index contributed by atoms with van der Waals surface area (Å²) in [6, 6.07) is 11.6. The second-order valence-corrected chi connectivity index (χ2v) is 9.44. The number of nitrogens with one attached hydrogen (secondary N) is 1. The van der Waals surface area contributed by atoms with Crippen LogP contribution in [0.25, 0.3) is 10.2 Å². The van der Waals surface area contributed by atoms with Crippen LogP contribution in [0.3, 0.4) is 0 Å². The highest BCUT2D eigenvalue weighted by atomic mass is 32.2. The van der Waals surface area contributed by atoms with Crippen LogP contribution in [0.2, 0.25) is 0 Å². The Morgan fingerprint density at radius 2 is 1.92 bits per heavy atom. The molecule has 0 radical (unpaired) electrons. The van der Waals surface area contributed by atoms with Crippen molar-refractivity contribution in [3.63, 3.8) is 0 Å². The molecule has 136 valence electrons. The molecule has 3 rings (SSSR count). The minimum Gasteiger partial charge on any atom is -0.494 e. The molecule has 0 saturated carbocycles. The number of methoxy groups -OCH3 is 1.